The molecule has 1 heterocycles. The Morgan fingerprint density at radius 3 is 2.73 bits per heavy atom. The molecule has 0 aliphatic carbocycles. The molecule has 2 unspecified atom stereocenters. The van der Waals surface area contributed by atoms with Gasteiger partial charge in [0.05, 0.1) is 12.1 Å². The first-order valence-corrected chi connectivity index (χ1v) is 7.47. The van der Waals surface area contributed by atoms with Crippen molar-refractivity contribution in [2.45, 2.75) is 32.0 Å². The average molecular weight is 305 g/mol. The van der Waals surface area contributed by atoms with Crippen molar-refractivity contribution in [3.8, 4) is 0 Å². The molecular formula is C16H23N3O3. The number of nitrogens with zero attached hydrogens (tertiary/aromatic N) is 2. The molecule has 1 fully saturated rings. The predicted octanol–water partition coefficient (Wildman–Crippen LogP) is 1.20. The van der Waals surface area contributed by atoms with E-state index in [0.29, 0.717) is 13.1 Å². The van der Waals surface area contributed by atoms with E-state index in [1.807, 2.05) is 30.3 Å². The van der Waals surface area contributed by atoms with Crippen molar-refractivity contribution < 1.29 is 14.3 Å². The largest absolute Gasteiger partial charge is 0.445 e. The van der Waals surface area contributed by atoms with Crippen LogP contribution in [0.25, 0.3) is 0 Å². The Hall–Kier alpha value is -2.08. The van der Waals surface area contributed by atoms with Crippen LogP contribution in [0.2, 0.25) is 0 Å². The van der Waals surface area contributed by atoms with Gasteiger partial charge >= 0.3 is 6.09 Å². The van der Waals surface area contributed by atoms with Gasteiger partial charge in [-0.15, -0.1) is 0 Å². The summed E-state index contributed by atoms with van der Waals surface area (Å²) in [6, 6.07) is 9.03. The lowest BCUT2D eigenvalue weighted by Gasteiger charge is -2.26. The Labute approximate surface area is 130 Å². The summed E-state index contributed by atoms with van der Waals surface area (Å²) in [5.41, 5.74) is 6.57. The number of likely N-dealkylation sites (N-methyl/N-ethyl adjacent to an activating group) is 1. The van der Waals surface area contributed by atoms with E-state index >= 15 is 0 Å². The average Bonchev–Trinajstić information content (AvgIpc) is 3.02. The highest BCUT2D eigenvalue weighted by Gasteiger charge is 2.32. The van der Waals surface area contributed by atoms with Gasteiger partial charge in [-0.3, -0.25) is 4.79 Å². The minimum absolute atomic E-state index is 0.00257. The Morgan fingerprint density at radius 2 is 2.09 bits per heavy atom. The van der Waals surface area contributed by atoms with Crippen molar-refractivity contribution in [2.75, 3.05) is 20.1 Å². The van der Waals surface area contributed by atoms with E-state index in [2.05, 4.69) is 0 Å². The number of carbonyl (C=O) groups excluding carboxylic acids is 2. The monoisotopic (exact) mass is 305 g/mol. The smallest absolute Gasteiger partial charge is 0.410 e. The molecule has 1 saturated heterocycles. The van der Waals surface area contributed by atoms with Crippen LogP contribution < -0.4 is 5.73 Å². The van der Waals surface area contributed by atoms with E-state index in [-0.39, 0.29) is 24.6 Å². The molecule has 6 heteroatoms. The highest BCUT2D eigenvalue weighted by Crippen LogP contribution is 2.16. The predicted molar refractivity (Wildman–Crippen MR) is 83.0 cm³/mol. The van der Waals surface area contributed by atoms with Gasteiger partial charge in [0.25, 0.3) is 0 Å². The van der Waals surface area contributed by atoms with Crippen LogP contribution in [-0.2, 0) is 16.1 Å². The third-order valence-electron chi connectivity index (χ3n) is 3.91. The number of amides is 2. The second kappa shape index (κ2) is 7.26. The third kappa shape index (κ3) is 3.98. The third-order valence-corrected chi connectivity index (χ3v) is 3.91. The minimum Gasteiger partial charge on any atom is -0.445 e. The fraction of sp³-hybridized carbons (Fsp3) is 0.500. The molecule has 1 aliphatic heterocycles. The molecule has 1 aromatic carbocycles. The molecule has 22 heavy (non-hydrogen) atoms. The normalized spacial score (nSPS) is 18.9. The lowest BCUT2D eigenvalue weighted by molar-refractivity contribution is -0.132. The summed E-state index contributed by atoms with van der Waals surface area (Å²) >= 11 is 0. The van der Waals surface area contributed by atoms with Crippen molar-refractivity contribution in [3.63, 3.8) is 0 Å². The lowest BCUT2D eigenvalue weighted by atomic mass is 10.2. The maximum Gasteiger partial charge on any atom is 0.410 e. The van der Waals surface area contributed by atoms with E-state index in [0.717, 1.165) is 12.0 Å². The molecule has 0 radical (unpaired) electrons. The first-order valence-electron chi connectivity index (χ1n) is 7.47. The van der Waals surface area contributed by atoms with Gasteiger partial charge in [-0.05, 0) is 18.9 Å². The minimum atomic E-state index is -0.524. The fourth-order valence-corrected chi connectivity index (χ4v) is 2.54. The van der Waals surface area contributed by atoms with Crippen molar-refractivity contribution >= 4 is 12.0 Å². The second-order valence-electron chi connectivity index (χ2n) is 5.67. The first-order chi connectivity index (χ1) is 10.5. The number of carbonyl (C=O) groups is 2. The van der Waals surface area contributed by atoms with Gasteiger partial charge in [0.2, 0.25) is 5.91 Å². The molecule has 1 aliphatic rings. The second-order valence-corrected chi connectivity index (χ2v) is 5.67. The Bertz CT molecular complexity index is 519. The molecule has 0 aromatic heterocycles. The van der Waals surface area contributed by atoms with Gasteiger partial charge in [0.15, 0.2) is 0 Å². The van der Waals surface area contributed by atoms with E-state index < -0.39 is 6.04 Å². The van der Waals surface area contributed by atoms with Gasteiger partial charge in [-0.1, -0.05) is 30.3 Å². The molecule has 0 spiro atoms. The molecule has 6 nitrogen and oxygen atoms in total. The van der Waals surface area contributed by atoms with Crippen molar-refractivity contribution in [3.05, 3.63) is 35.9 Å². The van der Waals surface area contributed by atoms with Gasteiger partial charge in [0, 0.05) is 20.1 Å². The summed E-state index contributed by atoms with van der Waals surface area (Å²) in [5, 5.41) is 0. The number of ether oxygens (including phenoxy) is 1. The van der Waals surface area contributed by atoms with Crippen LogP contribution in [0.1, 0.15) is 18.9 Å². The molecule has 0 saturated carbocycles. The molecular weight excluding hydrogens is 282 g/mol. The van der Waals surface area contributed by atoms with E-state index in [1.165, 1.54) is 0 Å². The molecule has 2 rings (SSSR count). The molecule has 1 aromatic rings. The van der Waals surface area contributed by atoms with Crippen molar-refractivity contribution in [1.29, 1.82) is 0 Å². The Balaban J connectivity index is 1.82. The number of rotatable bonds is 4. The van der Waals surface area contributed by atoms with Crippen LogP contribution in [0.4, 0.5) is 4.79 Å². The highest BCUT2D eigenvalue weighted by molar-refractivity contribution is 5.81. The van der Waals surface area contributed by atoms with E-state index in [9.17, 15) is 9.59 Å². The quantitative estimate of drug-likeness (QED) is 0.907. The van der Waals surface area contributed by atoms with Crippen molar-refractivity contribution in [2.24, 2.45) is 5.73 Å². The molecule has 2 atom stereocenters. The van der Waals surface area contributed by atoms with Crippen LogP contribution in [0, 0.1) is 0 Å². The van der Waals surface area contributed by atoms with Crippen LogP contribution in [0.15, 0.2) is 30.3 Å². The van der Waals surface area contributed by atoms with E-state index in [4.69, 9.17) is 10.5 Å². The molecule has 2 N–H and O–H groups in total. The van der Waals surface area contributed by atoms with Crippen LogP contribution in [-0.4, -0.2) is 54.0 Å². The zero-order chi connectivity index (χ0) is 16.1. The summed E-state index contributed by atoms with van der Waals surface area (Å²) in [4.78, 5) is 27.2. The topological polar surface area (TPSA) is 75.9 Å². The van der Waals surface area contributed by atoms with Crippen LogP contribution in [0.3, 0.4) is 0 Å². The molecule has 2 amide bonds. The van der Waals surface area contributed by atoms with E-state index in [1.54, 1.807) is 23.8 Å². The number of likely N-dealkylation sites (tertiary alicyclic amines) is 1. The van der Waals surface area contributed by atoms with Gasteiger partial charge in [-0.25, -0.2) is 4.79 Å². The maximum atomic E-state index is 12.1. The SMILES string of the molecule is CC(N)C(=O)N(C)C1CCN(C(=O)OCc2ccccc2)C1. The zero-order valence-corrected chi connectivity index (χ0v) is 13.1. The maximum absolute atomic E-state index is 12.1. The van der Waals surface area contributed by atoms with Gasteiger partial charge < -0.3 is 20.3 Å². The Kier molecular flexibility index (Phi) is 5.38. The Morgan fingerprint density at radius 1 is 1.41 bits per heavy atom. The standard InChI is InChI=1S/C16H23N3O3/c1-12(17)15(20)18(2)14-8-9-19(10-14)16(21)22-11-13-6-4-3-5-7-13/h3-7,12,14H,8-11,17H2,1-2H3. The number of nitrogens with two attached hydrogens (primary N) is 1. The lowest BCUT2D eigenvalue weighted by Crippen LogP contribution is -2.46. The summed E-state index contributed by atoms with van der Waals surface area (Å²) in [6.45, 7) is 3.01. The zero-order valence-electron chi connectivity index (χ0n) is 13.1. The van der Waals surface area contributed by atoms with Gasteiger partial charge in [0.1, 0.15) is 6.61 Å². The summed E-state index contributed by atoms with van der Waals surface area (Å²) in [5.74, 6) is -0.107. The number of hydrogen-bond acceptors (Lipinski definition) is 4. The highest BCUT2D eigenvalue weighted by atomic mass is 16.6. The summed E-state index contributed by atoms with van der Waals surface area (Å²) in [7, 11) is 1.73. The summed E-state index contributed by atoms with van der Waals surface area (Å²) in [6.07, 6.45) is 0.406. The number of hydrogen-bond donors (Lipinski definition) is 1. The molecule has 120 valence electrons. The van der Waals surface area contributed by atoms with Gasteiger partial charge in [-0.2, -0.15) is 0 Å². The number of benzene rings is 1. The van der Waals surface area contributed by atoms with Crippen LogP contribution in [0.5, 0.6) is 0 Å². The van der Waals surface area contributed by atoms with Crippen LogP contribution >= 0.6 is 0 Å². The summed E-state index contributed by atoms with van der Waals surface area (Å²) < 4.78 is 5.31. The van der Waals surface area contributed by atoms with Crippen molar-refractivity contribution in [1.82, 2.24) is 9.80 Å². The molecule has 0 bridgehead atoms. The fourth-order valence-electron chi connectivity index (χ4n) is 2.54. The first kappa shape index (κ1) is 16.3.